The van der Waals surface area contributed by atoms with E-state index in [1.165, 1.54) is 10.9 Å². The summed E-state index contributed by atoms with van der Waals surface area (Å²) in [7, 11) is 1.57. The molecule has 0 aliphatic carbocycles. The van der Waals surface area contributed by atoms with Crippen LogP contribution in [0.5, 0.6) is 0 Å². The van der Waals surface area contributed by atoms with Crippen molar-refractivity contribution in [1.82, 2.24) is 20.1 Å². The van der Waals surface area contributed by atoms with E-state index in [-0.39, 0.29) is 11.8 Å². The van der Waals surface area contributed by atoms with Crippen LogP contribution < -0.4 is 10.6 Å². The van der Waals surface area contributed by atoms with Gasteiger partial charge in [0.25, 0.3) is 11.8 Å². The number of carbonyl (C=O) groups is 2. The number of amides is 2. The third-order valence-electron chi connectivity index (χ3n) is 3.78. The van der Waals surface area contributed by atoms with Crippen molar-refractivity contribution in [3.63, 3.8) is 0 Å². The number of hydrogen-bond acceptors (Lipinski definition) is 4. The van der Waals surface area contributed by atoms with Crippen LogP contribution in [0, 0.1) is 6.92 Å². The van der Waals surface area contributed by atoms with Gasteiger partial charge in [0, 0.05) is 30.7 Å². The van der Waals surface area contributed by atoms with Gasteiger partial charge in [-0.1, -0.05) is 12.1 Å². The highest BCUT2D eigenvalue weighted by atomic mass is 16.2. The second-order valence-corrected chi connectivity index (χ2v) is 5.37. The van der Waals surface area contributed by atoms with Gasteiger partial charge in [0.1, 0.15) is 0 Å². The van der Waals surface area contributed by atoms with Gasteiger partial charge in [0.2, 0.25) is 0 Å². The van der Waals surface area contributed by atoms with E-state index >= 15 is 0 Å². The lowest BCUT2D eigenvalue weighted by atomic mass is 10.1. The van der Waals surface area contributed by atoms with Crippen LogP contribution in [-0.2, 0) is 0 Å². The zero-order valence-corrected chi connectivity index (χ0v) is 13.9. The summed E-state index contributed by atoms with van der Waals surface area (Å²) in [6.45, 7) is 1.79. The maximum Gasteiger partial charge on any atom is 0.258 e. The maximum atomic E-state index is 12.5. The summed E-state index contributed by atoms with van der Waals surface area (Å²) in [5, 5.41) is 9.56. The minimum atomic E-state index is -0.306. The molecule has 0 spiro atoms. The lowest BCUT2D eigenvalue weighted by Crippen LogP contribution is -2.20. The van der Waals surface area contributed by atoms with Gasteiger partial charge in [-0.05, 0) is 36.8 Å². The number of nitrogens with zero attached hydrogens (tertiary/aromatic N) is 3. The molecule has 1 aromatic carbocycles. The molecule has 0 atom stereocenters. The van der Waals surface area contributed by atoms with Crippen LogP contribution in [0.1, 0.15) is 26.3 Å². The number of pyridine rings is 1. The van der Waals surface area contributed by atoms with Crippen molar-refractivity contribution in [3.8, 4) is 5.82 Å². The second kappa shape index (κ2) is 6.96. The van der Waals surface area contributed by atoms with Crippen molar-refractivity contribution in [2.75, 3.05) is 12.4 Å². The van der Waals surface area contributed by atoms with Gasteiger partial charge < -0.3 is 10.6 Å². The number of anilines is 1. The molecule has 3 rings (SSSR count). The van der Waals surface area contributed by atoms with Crippen LogP contribution in [-0.4, -0.2) is 33.6 Å². The lowest BCUT2D eigenvalue weighted by molar-refractivity contribution is 0.0960. The van der Waals surface area contributed by atoms with Crippen LogP contribution >= 0.6 is 0 Å². The first-order valence-electron chi connectivity index (χ1n) is 7.69. The van der Waals surface area contributed by atoms with Crippen molar-refractivity contribution < 1.29 is 9.59 Å². The van der Waals surface area contributed by atoms with Crippen molar-refractivity contribution in [2.45, 2.75) is 6.92 Å². The van der Waals surface area contributed by atoms with Crippen LogP contribution in [0.15, 0.2) is 55.0 Å². The molecule has 0 aliphatic rings. The van der Waals surface area contributed by atoms with Gasteiger partial charge in [0.15, 0.2) is 5.82 Å². The van der Waals surface area contributed by atoms with Crippen LogP contribution in [0.4, 0.5) is 5.69 Å². The minimum Gasteiger partial charge on any atom is -0.355 e. The van der Waals surface area contributed by atoms with Crippen LogP contribution in [0.25, 0.3) is 5.82 Å². The van der Waals surface area contributed by atoms with E-state index in [1.54, 1.807) is 50.6 Å². The first-order chi connectivity index (χ1) is 12.1. The molecule has 3 aromatic rings. The molecular weight excluding hydrogens is 318 g/mol. The fourth-order valence-electron chi connectivity index (χ4n) is 2.40. The standard InChI is InChI=1S/C18H17N5O2/c1-12-14(18(25)19-2)6-5-7-15(12)22-17(24)13-10-21-23(11-13)16-8-3-4-9-20-16/h3-11H,1-2H3,(H,19,25)(H,22,24). The van der Waals surface area contributed by atoms with Crippen molar-refractivity contribution in [1.29, 1.82) is 0 Å². The maximum absolute atomic E-state index is 12.5. The molecule has 0 aliphatic heterocycles. The van der Waals surface area contributed by atoms with Gasteiger partial charge in [0.05, 0.1) is 11.8 Å². The number of benzene rings is 1. The van der Waals surface area contributed by atoms with E-state index in [2.05, 4.69) is 20.7 Å². The largest absolute Gasteiger partial charge is 0.355 e. The Balaban J connectivity index is 1.82. The molecule has 0 saturated carbocycles. The third-order valence-corrected chi connectivity index (χ3v) is 3.78. The highest BCUT2D eigenvalue weighted by molar-refractivity contribution is 6.05. The molecule has 2 amide bonds. The monoisotopic (exact) mass is 335 g/mol. The molecule has 0 radical (unpaired) electrons. The summed E-state index contributed by atoms with van der Waals surface area (Å²) in [5.41, 5.74) is 2.20. The summed E-state index contributed by atoms with van der Waals surface area (Å²) < 4.78 is 1.53. The Bertz CT molecular complexity index is 918. The van der Waals surface area contributed by atoms with Crippen LogP contribution in [0.2, 0.25) is 0 Å². The first kappa shape index (κ1) is 16.4. The molecule has 0 saturated heterocycles. The van der Waals surface area contributed by atoms with Crippen molar-refractivity contribution in [3.05, 3.63) is 71.7 Å². The molecule has 7 nitrogen and oxygen atoms in total. The molecule has 2 aromatic heterocycles. The summed E-state index contributed by atoms with van der Waals surface area (Å²) in [5.74, 6) is 0.121. The quantitative estimate of drug-likeness (QED) is 0.765. The minimum absolute atomic E-state index is 0.198. The predicted molar refractivity (Wildman–Crippen MR) is 93.9 cm³/mol. The number of carbonyl (C=O) groups excluding carboxylic acids is 2. The second-order valence-electron chi connectivity index (χ2n) is 5.37. The fraction of sp³-hybridized carbons (Fsp3) is 0.111. The Morgan fingerprint density at radius 3 is 2.64 bits per heavy atom. The Labute approximate surface area is 144 Å². The highest BCUT2D eigenvalue weighted by Gasteiger charge is 2.14. The van der Waals surface area contributed by atoms with Crippen molar-refractivity contribution >= 4 is 17.5 Å². The Morgan fingerprint density at radius 1 is 1.08 bits per heavy atom. The lowest BCUT2D eigenvalue weighted by Gasteiger charge is -2.11. The average molecular weight is 335 g/mol. The average Bonchev–Trinajstić information content (AvgIpc) is 3.14. The summed E-state index contributed by atoms with van der Waals surface area (Å²) >= 11 is 0. The first-order valence-corrected chi connectivity index (χ1v) is 7.69. The van der Waals surface area contributed by atoms with E-state index in [4.69, 9.17) is 0 Å². The van der Waals surface area contributed by atoms with Gasteiger partial charge in [-0.25, -0.2) is 9.67 Å². The molecular formula is C18H17N5O2. The SMILES string of the molecule is CNC(=O)c1cccc(NC(=O)c2cnn(-c3ccccn3)c2)c1C. The summed E-state index contributed by atoms with van der Waals surface area (Å²) in [6, 6.07) is 10.6. The summed E-state index contributed by atoms with van der Waals surface area (Å²) in [4.78, 5) is 28.5. The van der Waals surface area contributed by atoms with Crippen LogP contribution in [0.3, 0.4) is 0 Å². The Hall–Kier alpha value is -3.48. The van der Waals surface area contributed by atoms with Gasteiger partial charge in [-0.15, -0.1) is 0 Å². The zero-order valence-electron chi connectivity index (χ0n) is 13.9. The predicted octanol–water partition coefficient (Wildman–Crippen LogP) is 2.19. The summed E-state index contributed by atoms with van der Waals surface area (Å²) in [6.07, 6.45) is 4.74. The van der Waals surface area contributed by atoms with Gasteiger partial charge >= 0.3 is 0 Å². The third kappa shape index (κ3) is 3.40. The molecule has 0 unspecified atom stereocenters. The Morgan fingerprint density at radius 2 is 1.92 bits per heavy atom. The highest BCUT2D eigenvalue weighted by Crippen LogP contribution is 2.20. The van der Waals surface area contributed by atoms with Crippen molar-refractivity contribution in [2.24, 2.45) is 0 Å². The van der Waals surface area contributed by atoms with E-state index in [1.807, 2.05) is 12.1 Å². The molecule has 7 heteroatoms. The topological polar surface area (TPSA) is 88.9 Å². The number of hydrogen-bond donors (Lipinski definition) is 2. The van der Waals surface area contributed by atoms with Gasteiger partial charge in [-0.3, -0.25) is 9.59 Å². The smallest absolute Gasteiger partial charge is 0.258 e. The number of nitrogens with one attached hydrogen (secondary N) is 2. The van der Waals surface area contributed by atoms with E-state index < -0.39 is 0 Å². The molecule has 0 bridgehead atoms. The van der Waals surface area contributed by atoms with Gasteiger partial charge in [-0.2, -0.15) is 5.10 Å². The molecule has 0 fully saturated rings. The zero-order chi connectivity index (χ0) is 17.8. The van der Waals surface area contributed by atoms with E-state index in [0.717, 1.165) is 0 Å². The molecule has 2 N–H and O–H groups in total. The van der Waals surface area contributed by atoms with E-state index in [0.29, 0.717) is 28.2 Å². The normalized spacial score (nSPS) is 10.3. The molecule has 2 heterocycles. The Kier molecular flexibility index (Phi) is 4.56. The number of aromatic nitrogens is 3. The molecule has 126 valence electrons. The molecule has 25 heavy (non-hydrogen) atoms. The van der Waals surface area contributed by atoms with E-state index in [9.17, 15) is 9.59 Å². The fourth-order valence-corrected chi connectivity index (χ4v) is 2.40. The number of rotatable bonds is 4.